The highest BCUT2D eigenvalue weighted by Gasteiger charge is 2.33. The smallest absolute Gasteiger partial charge is 0.0417 e. The van der Waals surface area contributed by atoms with Crippen LogP contribution in [0.3, 0.4) is 0 Å². The number of hydrogen-bond acceptors (Lipinski definition) is 3. The lowest BCUT2D eigenvalue weighted by atomic mass is 9.84. The Labute approximate surface area is 108 Å². The van der Waals surface area contributed by atoms with Crippen molar-refractivity contribution in [1.29, 1.82) is 0 Å². The molecule has 3 fully saturated rings. The van der Waals surface area contributed by atoms with Gasteiger partial charge in [-0.15, -0.1) is 11.8 Å². The van der Waals surface area contributed by atoms with E-state index in [0.717, 1.165) is 5.92 Å². The van der Waals surface area contributed by atoms with Gasteiger partial charge in [-0.2, -0.15) is 0 Å². The summed E-state index contributed by atoms with van der Waals surface area (Å²) in [6.07, 6.45) is 4.88. The van der Waals surface area contributed by atoms with Crippen molar-refractivity contribution >= 4 is 17.4 Å². The minimum Gasteiger partial charge on any atom is -0.381 e. The van der Waals surface area contributed by atoms with Crippen molar-refractivity contribution in [3.05, 3.63) is 24.3 Å². The van der Waals surface area contributed by atoms with E-state index in [9.17, 15) is 0 Å². The number of piperidine rings is 3. The summed E-state index contributed by atoms with van der Waals surface area (Å²) in [6.45, 7) is 3.86. The van der Waals surface area contributed by atoms with Gasteiger partial charge in [-0.1, -0.05) is 6.07 Å². The van der Waals surface area contributed by atoms with Crippen LogP contribution in [0.1, 0.15) is 12.8 Å². The van der Waals surface area contributed by atoms with Crippen molar-refractivity contribution in [3.63, 3.8) is 0 Å². The van der Waals surface area contributed by atoms with Gasteiger partial charge in [0, 0.05) is 23.2 Å². The summed E-state index contributed by atoms with van der Waals surface area (Å²) < 4.78 is 0. The topological polar surface area (TPSA) is 15.3 Å². The van der Waals surface area contributed by atoms with E-state index in [1.165, 1.54) is 43.1 Å². The van der Waals surface area contributed by atoms with E-state index in [1.54, 1.807) is 0 Å². The number of fused-ring (bicyclic) bond motifs is 3. The second-order valence-electron chi connectivity index (χ2n) is 5.12. The molecule has 3 aliphatic heterocycles. The first-order valence-electron chi connectivity index (χ1n) is 6.48. The van der Waals surface area contributed by atoms with Gasteiger partial charge in [0.05, 0.1) is 0 Å². The lowest BCUT2D eigenvalue weighted by Crippen LogP contribution is -2.53. The van der Waals surface area contributed by atoms with Crippen LogP contribution >= 0.6 is 11.8 Å². The number of nitrogens with zero attached hydrogens (tertiary/aromatic N) is 1. The summed E-state index contributed by atoms with van der Waals surface area (Å²) in [5.41, 5.74) is 1.29. The molecule has 3 aliphatic rings. The molecule has 4 rings (SSSR count). The normalized spacial score (nSPS) is 31.5. The molecular weight excluding hydrogens is 228 g/mol. The third-order valence-electron chi connectivity index (χ3n) is 4.08. The van der Waals surface area contributed by atoms with E-state index in [-0.39, 0.29) is 0 Å². The summed E-state index contributed by atoms with van der Waals surface area (Å²) >= 11 is 1.81. The summed E-state index contributed by atoms with van der Waals surface area (Å²) in [4.78, 5) is 3.94. The average molecular weight is 248 g/mol. The minimum absolute atomic E-state index is 0.662. The highest BCUT2D eigenvalue weighted by atomic mass is 32.2. The number of benzene rings is 1. The molecule has 3 heterocycles. The summed E-state index contributed by atoms with van der Waals surface area (Å²) in [5, 5.41) is 3.73. The molecule has 0 aliphatic carbocycles. The van der Waals surface area contributed by atoms with E-state index in [1.807, 2.05) is 11.8 Å². The standard InChI is InChI=1S/C14H20N2S/c1-17-13-4-2-3-12(9-13)15-14-10-16-7-5-11(14)6-8-16/h2-4,9,11,14-15H,5-8,10H2,1H3/t14-/m1/s1. The third kappa shape index (κ3) is 2.45. The molecule has 3 saturated heterocycles. The second kappa shape index (κ2) is 4.91. The average Bonchev–Trinajstić information content (AvgIpc) is 2.40. The van der Waals surface area contributed by atoms with Gasteiger partial charge in [0.2, 0.25) is 0 Å². The fourth-order valence-corrected chi connectivity index (χ4v) is 3.52. The lowest BCUT2D eigenvalue weighted by Gasteiger charge is -2.45. The highest BCUT2D eigenvalue weighted by Crippen LogP contribution is 2.30. The first-order valence-corrected chi connectivity index (χ1v) is 7.70. The third-order valence-corrected chi connectivity index (χ3v) is 4.80. The van der Waals surface area contributed by atoms with Gasteiger partial charge in [0.25, 0.3) is 0 Å². The summed E-state index contributed by atoms with van der Waals surface area (Å²) in [6, 6.07) is 9.44. The van der Waals surface area contributed by atoms with Crippen LogP contribution in [-0.4, -0.2) is 36.8 Å². The predicted octanol–water partition coefficient (Wildman–Crippen LogP) is 2.91. The molecule has 0 aromatic heterocycles. The first-order chi connectivity index (χ1) is 8.35. The van der Waals surface area contributed by atoms with Crippen LogP contribution in [-0.2, 0) is 0 Å². The monoisotopic (exact) mass is 248 g/mol. The van der Waals surface area contributed by atoms with E-state index >= 15 is 0 Å². The molecule has 17 heavy (non-hydrogen) atoms. The largest absolute Gasteiger partial charge is 0.381 e. The summed E-state index contributed by atoms with van der Waals surface area (Å²) in [7, 11) is 0. The van der Waals surface area contributed by atoms with Gasteiger partial charge in [-0.05, 0) is 56.3 Å². The number of nitrogens with one attached hydrogen (secondary N) is 1. The molecule has 92 valence electrons. The maximum Gasteiger partial charge on any atom is 0.0417 e. The van der Waals surface area contributed by atoms with Gasteiger partial charge in [-0.3, -0.25) is 0 Å². The molecule has 0 amide bonds. The van der Waals surface area contributed by atoms with Gasteiger partial charge < -0.3 is 10.2 Å². The van der Waals surface area contributed by atoms with Crippen LogP contribution in [0.4, 0.5) is 5.69 Å². The zero-order valence-corrected chi connectivity index (χ0v) is 11.2. The molecule has 2 bridgehead atoms. The zero-order valence-electron chi connectivity index (χ0n) is 10.4. The molecule has 1 atom stereocenters. The van der Waals surface area contributed by atoms with E-state index in [0.29, 0.717) is 6.04 Å². The van der Waals surface area contributed by atoms with Crippen molar-refractivity contribution in [1.82, 2.24) is 4.90 Å². The Hall–Kier alpha value is -0.670. The maximum atomic E-state index is 3.73. The van der Waals surface area contributed by atoms with Crippen LogP contribution in [0, 0.1) is 5.92 Å². The second-order valence-corrected chi connectivity index (χ2v) is 6.00. The number of hydrogen-bond donors (Lipinski definition) is 1. The zero-order chi connectivity index (χ0) is 11.7. The van der Waals surface area contributed by atoms with Crippen molar-refractivity contribution in [3.8, 4) is 0 Å². The molecule has 1 N–H and O–H groups in total. The molecule has 1 aromatic carbocycles. The molecule has 0 spiro atoms. The van der Waals surface area contributed by atoms with Crippen LogP contribution in [0.15, 0.2) is 29.2 Å². The van der Waals surface area contributed by atoms with Gasteiger partial charge in [0.15, 0.2) is 0 Å². The van der Waals surface area contributed by atoms with Crippen LogP contribution < -0.4 is 5.32 Å². The minimum atomic E-state index is 0.662. The Bertz CT molecular complexity index is 386. The van der Waals surface area contributed by atoms with E-state index < -0.39 is 0 Å². The Kier molecular flexibility index (Phi) is 3.30. The van der Waals surface area contributed by atoms with Gasteiger partial charge in [-0.25, -0.2) is 0 Å². The molecule has 1 aromatic rings. The van der Waals surface area contributed by atoms with Gasteiger partial charge >= 0.3 is 0 Å². The van der Waals surface area contributed by atoms with E-state index in [4.69, 9.17) is 0 Å². The SMILES string of the molecule is CSc1cccc(N[C@@H]2CN3CCC2CC3)c1. The van der Waals surface area contributed by atoms with Crippen LogP contribution in [0.2, 0.25) is 0 Å². The molecule has 0 saturated carbocycles. The first kappa shape index (κ1) is 11.4. The van der Waals surface area contributed by atoms with Crippen LogP contribution in [0.5, 0.6) is 0 Å². The molecule has 0 radical (unpaired) electrons. The summed E-state index contributed by atoms with van der Waals surface area (Å²) in [5.74, 6) is 0.887. The predicted molar refractivity (Wildman–Crippen MR) is 74.8 cm³/mol. The number of thioether (sulfide) groups is 1. The molecule has 0 unspecified atom stereocenters. The Morgan fingerprint density at radius 3 is 2.76 bits per heavy atom. The molecular formula is C14H20N2S. The van der Waals surface area contributed by atoms with Crippen molar-refractivity contribution in [2.45, 2.75) is 23.8 Å². The van der Waals surface area contributed by atoms with Crippen molar-refractivity contribution in [2.24, 2.45) is 5.92 Å². The molecule has 2 nitrogen and oxygen atoms in total. The molecule has 3 heteroatoms. The Balaban J connectivity index is 1.70. The number of anilines is 1. The van der Waals surface area contributed by atoms with Gasteiger partial charge in [0.1, 0.15) is 0 Å². The van der Waals surface area contributed by atoms with Crippen LogP contribution in [0.25, 0.3) is 0 Å². The van der Waals surface area contributed by atoms with E-state index in [2.05, 4.69) is 40.7 Å². The lowest BCUT2D eigenvalue weighted by molar-refractivity contribution is 0.0975. The van der Waals surface area contributed by atoms with Crippen molar-refractivity contribution in [2.75, 3.05) is 31.2 Å². The Morgan fingerprint density at radius 1 is 1.29 bits per heavy atom. The van der Waals surface area contributed by atoms with Crippen molar-refractivity contribution < 1.29 is 0 Å². The fourth-order valence-electron chi connectivity index (χ4n) is 3.06. The maximum absolute atomic E-state index is 3.73. The number of rotatable bonds is 3. The highest BCUT2D eigenvalue weighted by molar-refractivity contribution is 7.98. The quantitative estimate of drug-likeness (QED) is 0.828. The Morgan fingerprint density at radius 2 is 2.12 bits per heavy atom. The fraction of sp³-hybridized carbons (Fsp3) is 0.571.